The summed E-state index contributed by atoms with van der Waals surface area (Å²) in [4.78, 5) is 11.4. The average molecular weight is 246 g/mol. The van der Waals surface area contributed by atoms with Crippen molar-refractivity contribution in [3.63, 3.8) is 0 Å². The summed E-state index contributed by atoms with van der Waals surface area (Å²) in [5, 5.41) is 0. The van der Waals surface area contributed by atoms with Crippen LogP contribution >= 0.6 is 11.8 Å². The van der Waals surface area contributed by atoms with Gasteiger partial charge in [0.15, 0.2) is 0 Å². The quantitative estimate of drug-likeness (QED) is 0.714. The Kier molecular flexibility index (Phi) is 5.62. The fourth-order valence-corrected chi connectivity index (χ4v) is 2.08. The van der Waals surface area contributed by atoms with E-state index in [1.807, 2.05) is 0 Å². The number of thioether (sulfide) groups is 1. The van der Waals surface area contributed by atoms with Crippen molar-refractivity contribution >= 4 is 17.7 Å². The molecule has 0 saturated carbocycles. The zero-order chi connectivity index (χ0) is 12.0. The van der Waals surface area contributed by atoms with Crippen LogP contribution in [0.25, 0.3) is 0 Å². The van der Waals surface area contributed by atoms with Gasteiger partial charge in [0.05, 0.1) is 11.9 Å². The Morgan fingerprint density at radius 1 is 1.44 bits per heavy atom. The van der Waals surface area contributed by atoms with E-state index >= 15 is 0 Å². The Morgan fingerprint density at radius 3 is 2.75 bits per heavy atom. The smallest absolute Gasteiger partial charge is 0.316 e. The van der Waals surface area contributed by atoms with Gasteiger partial charge in [-0.15, -0.1) is 11.8 Å². The van der Waals surface area contributed by atoms with E-state index < -0.39 is 0 Å². The topological polar surface area (TPSA) is 35.5 Å². The summed E-state index contributed by atoms with van der Waals surface area (Å²) in [6.07, 6.45) is 3.44. The van der Waals surface area contributed by atoms with Gasteiger partial charge in [0, 0.05) is 11.4 Å². The molecule has 0 N–H and O–H groups in total. The molecule has 0 bridgehead atoms. The van der Waals surface area contributed by atoms with Crippen LogP contribution < -0.4 is 0 Å². The number of esters is 1. The summed E-state index contributed by atoms with van der Waals surface area (Å²) in [6, 6.07) is 0. The number of rotatable bonds is 4. The van der Waals surface area contributed by atoms with Crippen molar-refractivity contribution in [3.8, 4) is 0 Å². The molecule has 0 radical (unpaired) electrons. The van der Waals surface area contributed by atoms with Crippen LogP contribution in [0.15, 0.2) is 0 Å². The first-order valence-corrected chi connectivity index (χ1v) is 6.87. The zero-order valence-electron chi connectivity index (χ0n) is 10.5. The predicted octanol–water partition coefficient (Wildman–Crippen LogP) is 2.63. The summed E-state index contributed by atoms with van der Waals surface area (Å²) in [6.45, 7) is 7.50. The molecular formula is C12H22O3S. The van der Waals surface area contributed by atoms with Crippen LogP contribution in [0.5, 0.6) is 0 Å². The van der Waals surface area contributed by atoms with E-state index in [9.17, 15) is 4.79 Å². The second-order valence-corrected chi connectivity index (χ2v) is 6.87. The molecule has 1 heterocycles. The van der Waals surface area contributed by atoms with Gasteiger partial charge in [0.2, 0.25) is 0 Å². The molecule has 4 heteroatoms. The van der Waals surface area contributed by atoms with Crippen LogP contribution in [0.1, 0.15) is 40.0 Å². The van der Waals surface area contributed by atoms with Crippen molar-refractivity contribution in [1.29, 1.82) is 0 Å². The highest BCUT2D eigenvalue weighted by molar-refractivity contribution is 8.01. The molecule has 1 rings (SSSR count). The van der Waals surface area contributed by atoms with E-state index in [0.717, 1.165) is 19.4 Å². The van der Waals surface area contributed by atoms with Gasteiger partial charge >= 0.3 is 5.97 Å². The molecule has 1 saturated heterocycles. The first-order chi connectivity index (χ1) is 7.47. The molecule has 0 aromatic heterocycles. The van der Waals surface area contributed by atoms with Crippen molar-refractivity contribution < 1.29 is 14.3 Å². The lowest BCUT2D eigenvalue weighted by Gasteiger charge is -2.22. The van der Waals surface area contributed by atoms with Crippen LogP contribution in [-0.2, 0) is 14.3 Å². The average Bonchev–Trinajstić information content (AvgIpc) is 2.24. The molecule has 16 heavy (non-hydrogen) atoms. The van der Waals surface area contributed by atoms with Gasteiger partial charge in [-0.05, 0) is 19.3 Å². The third-order valence-corrected chi connectivity index (χ3v) is 3.57. The maximum atomic E-state index is 11.4. The number of hydrogen-bond donors (Lipinski definition) is 0. The van der Waals surface area contributed by atoms with E-state index in [2.05, 4.69) is 20.8 Å². The lowest BCUT2D eigenvalue weighted by Crippen LogP contribution is -2.26. The van der Waals surface area contributed by atoms with Crippen molar-refractivity contribution in [2.75, 3.05) is 19.0 Å². The molecular weight excluding hydrogens is 224 g/mol. The van der Waals surface area contributed by atoms with Gasteiger partial charge in [0.25, 0.3) is 0 Å². The largest absolute Gasteiger partial charge is 0.462 e. The van der Waals surface area contributed by atoms with Gasteiger partial charge in [-0.1, -0.05) is 20.8 Å². The Hall–Kier alpha value is -0.220. The molecule has 0 spiro atoms. The Labute approximate surface area is 102 Å². The molecule has 0 amide bonds. The number of carbonyl (C=O) groups is 1. The minimum Gasteiger partial charge on any atom is -0.462 e. The number of carbonyl (C=O) groups excluding carboxylic acids is 1. The second kappa shape index (κ2) is 6.50. The Balaban J connectivity index is 2.09. The normalized spacial score (nSPS) is 21.8. The first kappa shape index (κ1) is 13.8. The maximum Gasteiger partial charge on any atom is 0.316 e. The Morgan fingerprint density at radius 2 is 2.19 bits per heavy atom. The van der Waals surface area contributed by atoms with Crippen molar-refractivity contribution in [2.45, 2.75) is 50.9 Å². The van der Waals surface area contributed by atoms with Gasteiger partial charge < -0.3 is 9.47 Å². The summed E-state index contributed by atoms with van der Waals surface area (Å²) in [5.41, 5.74) is 0. The highest BCUT2D eigenvalue weighted by atomic mass is 32.2. The van der Waals surface area contributed by atoms with Crippen molar-refractivity contribution in [3.05, 3.63) is 0 Å². The second-order valence-electron chi connectivity index (χ2n) is 5.07. The minimum absolute atomic E-state index is 0.111. The van der Waals surface area contributed by atoms with E-state index in [1.54, 1.807) is 11.8 Å². The molecule has 1 atom stereocenters. The molecule has 0 aliphatic carbocycles. The van der Waals surface area contributed by atoms with E-state index in [0.29, 0.717) is 12.4 Å². The highest BCUT2D eigenvalue weighted by Crippen LogP contribution is 2.23. The molecule has 0 aromatic carbocycles. The Bertz CT molecular complexity index is 217. The van der Waals surface area contributed by atoms with Gasteiger partial charge in [-0.25, -0.2) is 0 Å². The molecule has 94 valence electrons. The first-order valence-electron chi connectivity index (χ1n) is 5.88. The summed E-state index contributed by atoms with van der Waals surface area (Å²) < 4.78 is 10.8. The van der Waals surface area contributed by atoms with Gasteiger partial charge in [0.1, 0.15) is 6.61 Å². The van der Waals surface area contributed by atoms with Crippen LogP contribution in [0, 0.1) is 0 Å². The van der Waals surface area contributed by atoms with E-state index in [-0.39, 0.29) is 16.8 Å². The third-order valence-electron chi connectivity index (χ3n) is 2.33. The fraction of sp³-hybridized carbons (Fsp3) is 0.917. The fourth-order valence-electron chi connectivity index (χ4n) is 1.44. The van der Waals surface area contributed by atoms with Crippen LogP contribution in [-0.4, -0.2) is 35.8 Å². The molecule has 0 aromatic rings. The zero-order valence-corrected chi connectivity index (χ0v) is 11.3. The predicted molar refractivity (Wildman–Crippen MR) is 66.8 cm³/mol. The van der Waals surface area contributed by atoms with Crippen LogP contribution in [0.3, 0.4) is 0 Å². The molecule has 1 fully saturated rings. The molecule has 1 aliphatic heterocycles. The SMILES string of the molecule is CC(C)(C)SCC(=O)OCC1CCCCO1. The lowest BCUT2D eigenvalue weighted by molar-refractivity contribution is -0.145. The van der Waals surface area contributed by atoms with Crippen LogP contribution in [0.2, 0.25) is 0 Å². The monoisotopic (exact) mass is 246 g/mol. The number of hydrogen-bond acceptors (Lipinski definition) is 4. The summed E-state index contributed by atoms with van der Waals surface area (Å²) in [7, 11) is 0. The third kappa shape index (κ3) is 6.38. The van der Waals surface area contributed by atoms with Crippen molar-refractivity contribution in [2.24, 2.45) is 0 Å². The molecule has 3 nitrogen and oxygen atoms in total. The maximum absolute atomic E-state index is 11.4. The number of ether oxygens (including phenoxy) is 2. The molecule has 1 unspecified atom stereocenters. The van der Waals surface area contributed by atoms with E-state index in [4.69, 9.17) is 9.47 Å². The minimum atomic E-state index is -0.130. The highest BCUT2D eigenvalue weighted by Gasteiger charge is 2.18. The summed E-state index contributed by atoms with van der Waals surface area (Å²) in [5.74, 6) is 0.296. The lowest BCUT2D eigenvalue weighted by atomic mass is 10.1. The summed E-state index contributed by atoms with van der Waals surface area (Å²) >= 11 is 1.61. The van der Waals surface area contributed by atoms with Crippen LogP contribution in [0.4, 0.5) is 0 Å². The van der Waals surface area contributed by atoms with Gasteiger partial charge in [-0.3, -0.25) is 4.79 Å². The molecule has 1 aliphatic rings. The van der Waals surface area contributed by atoms with Crippen molar-refractivity contribution in [1.82, 2.24) is 0 Å². The standard InChI is InChI=1S/C12H22O3S/c1-12(2,3)16-9-11(13)15-8-10-6-4-5-7-14-10/h10H,4-9H2,1-3H3. The van der Waals surface area contributed by atoms with E-state index in [1.165, 1.54) is 6.42 Å². The van der Waals surface area contributed by atoms with Gasteiger partial charge in [-0.2, -0.15) is 0 Å².